The average Bonchev–Trinajstić information content (AvgIpc) is 3.05. The topological polar surface area (TPSA) is 93.9 Å². The highest BCUT2D eigenvalue weighted by Gasteiger charge is 2.19. The number of aromatic nitrogens is 3. The summed E-state index contributed by atoms with van der Waals surface area (Å²) in [6.07, 6.45) is 0. The van der Waals surface area contributed by atoms with E-state index in [1.807, 2.05) is 0 Å². The predicted molar refractivity (Wildman–Crippen MR) is 86.1 cm³/mol. The summed E-state index contributed by atoms with van der Waals surface area (Å²) in [4.78, 5) is 11.5. The molecule has 0 aliphatic heterocycles. The number of halogens is 2. The highest BCUT2D eigenvalue weighted by Crippen LogP contribution is 2.33. The van der Waals surface area contributed by atoms with Crippen LogP contribution >= 0.6 is 11.6 Å². The van der Waals surface area contributed by atoms with E-state index in [1.54, 1.807) is 30.3 Å². The van der Waals surface area contributed by atoms with Gasteiger partial charge in [0.2, 0.25) is 0 Å². The summed E-state index contributed by atoms with van der Waals surface area (Å²) < 4.78 is 18.7. The molecule has 6 nitrogen and oxygen atoms in total. The Kier molecular flexibility index (Phi) is 4.43. The SMILES string of the molecule is NC(=O)c1n[nH]nc1-c1cc(Cl)ccc1OCc1ccc(F)cc1. The molecule has 0 saturated heterocycles. The molecule has 1 heterocycles. The van der Waals surface area contributed by atoms with Gasteiger partial charge in [-0.3, -0.25) is 4.79 Å². The van der Waals surface area contributed by atoms with Gasteiger partial charge in [-0.15, -0.1) is 0 Å². The Bertz CT molecular complexity index is 880. The summed E-state index contributed by atoms with van der Waals surface area (Å²) in [5.74, 6) is -0.594. The molecule has 3 rings (SSSR count). The number of rotatable bonds is 5. The molecule has 0 radical (unpaired) electrons. The molecule has 122 valence electrons. The van der Waals surface area contributed by atoms with Crippen molar-refractivity contribution in [3.63, 3.8) is 0 Å². The molecule has 0 unspecified atom stereocenters. The minimum atomic E-state index is -0.719. The van der Waals surface area contributed by atoms with Gasteiger partial charge in [-0.2, -0.15) is 15.4 Å². The van der Waals surface area contributed by atoms with Crippen LogP contribution in [-0.4, -0.2) is 21.3 Å². The third-order valence-electron chi connectivity index (χ3n) is 3.29. The van der Waals surface area contributed by atoms with Gasteiger partial charge in [0.15, 0.2) is 5.69 Å². The summed E-state index contributed by atoms with van der Waals surface area (Å²) in [7, 11) is 0. The van der Waals surface area contributed by atoms with Crippen LogP contribution in [0.1, 0.15) is 16.1 Å². The Labute approximate surface area is 141 Å². The molecule has 0 bridgehead atoms. The summed E-state index contributed by atoms with van der Waals surface area (Å²) in [6.45, 7) is 0.207. The van der Waals surface area contributed by atoms with Crippen LogP contribution in [0.4, 0.5) is 4.39 Å². The lowest BCUT2D eigenvalue weighted by Crippen LogP contribution is -2.13. The number of benzene rings is 2. The van der Waals surface area contributed by atoms with Crippen molar-refractivity contribution >= 4 is 17.5 Å². The normalized spacial score (nSPS) is 10.6. The van der Waals surface area contributed by atoms with E-state index in [9.17, 15) is 9.18 Å². The molecular formula is C16H12ClFN4O2. The molecule has 3 N–H and O–H groups in total. The Balaban J connectivity index is 1.92. The number of hydrogen-bond acceptors (Lipinski definition) is 4. The van der Waals surface area contributed by atoms with Crippen molar-refractivity contribution in [2.75, 3.05) is 0 Å². The van der Waals surface area contributed by atoms with Crippen molar-refractivity contribution in [1.29, 1.82) is 0 Å². The molecule has 0 saturated carbocycles. The van der Waals surface area contributed by atoms with Crippen LogP contribution in [0, 0.1) is 5.82 Å². The summed E-state index contributed by atoms with van der Waals surface area (Å²) in [5.41, 5.74) is 6.80. The number of nitrogens with zero attached hydrogens (tertiary/aromatic N) is 2. The van der Waals surface area contributed by atoms with E-state index in [1.165, 1.54) is 12.1 Å². The van der Waals surface area contributed by atoms with Crippen molar-refractivity contribution in [3.8, 4) is 17.0 Å². The fraction of sp³-hybridized carbons (Fsp3) is 0.0625. The lowest BCUT2D eigenvalue weighted by atomic mass is 10.1. The number of nitrogens with one attached hydrogen (secondary N) is 1. The number of hydrogen-bond donors (Lipinski definition) is 2. The number of primary amides is 1. The molecule has 0 spiro atoms. The van der Waals surface area contributed by atoms with Crippen LogP contribution < -0.4 is 10.5 Å². The van der Waals surface area contributed by atoms with Gasteiger partial charge in [0.05, 0.1) is 0 Å². The molecule has 0 atom stereocenters. The van der Waals surface area contributed by atoms with Crippen LogP contribution in [0.25, 0.3) is 11.3 Å². The number of carbonyl (C=O) groups is 1. The lowest BCUT2D eigenvalue weighted by molar-refractivity contribution is 0.0996. The quantitative estimate of drug-likeness (QED) is 0.742. The van der Waals surface area contributed by atoms with Crippen LogP contribution in [0.3, 0.4) is 0 Å². The molecule has 0 aliphatic rings. The Morgan fingerprint density at radius 1 is 1.21 bits per heavy atom. The molecule has 24 heavy (non-hydrogen) atoms. The largest absolute Gasteiger partial charge is 0.488 e. The number of carbonyl (C=O) groups excluding carboxylic acids is 1. The summed E-state index contributed by atoms with van der Waals surface area (Å²) >= 11 is 6.03. The molecule has 0 aliphatic carbocycles. The van der Waals surface area contributed by atoms with E-state index in [-0.39, 0.29) is 23.8 Å². The van der Waals surface area contributed by atoms with Crippen LogP contribution in [0.5, 0.6) is 5.75 Å². The summed E-state index contributed by atoms with van der Waals surface area (Å²) in [6, 6.07) is 10.8. The average molecular weight is 347 g/mol. The van der Waals surface area contributed by atoms with Gasteiger partial charge in [0.25, 0.3) is 5.91 Å². The third-order valence-corrected chi connectivity index (χ3v) is 3.52. The number of ether oxygens (including phenoxy) is 1. The van der Waals surface area contributed by atoms with Crippen molar-refractivity contribution in [1.82, 2.24) is 15.4 Å². The van der Waals surface area contributed by atoms with Crippen molar-refractivity contribution in [3.05, 3.63) is 64.6 Å². The zero-order valence-corrected chi connectivity index (χ0v) is 13.0. The monoisotopic (exact) mass is 346 g/mol. The maximum atomic E-state index is 12.9. The van der Waals surface area contributed by atoms with E-state index in [0.29, 0.717) is 16.3 Å². The van der Waals surface area contributed by atoms with Gasteiger partial charge in [0, 0.05) is 10.6 Å². The maximum Gasteiger partial charge on any atom is 0.271 e. The van der Waals surface area contributed by atoms with E-state index >= 15 is 0 Å². The molecule has 0 fully saturated rings. The van der Waals surface area contributed by atoms with E-state index in [0.717, 1.165) is 5.56 Å². The molecule has 1 aromatic heterocycles. The number of amides is 1. The van der Waals surface area contributed by atoms with Gasteiger partial charge in [0.1, 0.15) is 23.9 Å². The number of H-pyrrole nitrogens is 1. The highest BCUT2D eigenvalue weighted by atomic mass is 35.5. The van der Waals surface area contributed by atoms with Crippen molar-refractivity contribution in [2.45, 2.75) is 6.61 Å². The molecule has 1 amide bonds. The van der Waals surface area contributed by atoms with Crippen LogP contribution in [0.2, 0.25) is 5.02 Å². The maximum absolute atomic E-state index is 12.9. The van der Waals surface area contributed by atoms with Gasteiger partial charge < -0.3 is 10.5 Å². The van der Waals surface area contributed by atoms with Crippen molar-refractivity contribution < 1.29 is 13.9 Å². The minimum Gasteiger partial charge on any atom is -0.488 e. The van der Waals surface area contributed by atoms with Crippen LogP contribution in [-0.2, 0) is 6.61 Å². The van der Waals surface area contributed by atoms with Crippen molar-refractivity contribution in [2.24, 2.45) is 5.73 Å². The summed E-state index contributed by atoms with van der Waals surface area (Å²) in [5, 5.41) is 10.5. The zero-order chi connectivity index (χ0) is 17.1. The number of aromatic amines is 1. The second kappa shape index (κ2) is 6.67. The molecule has 8 heteroatoms. The molecular weight excluding hydrogens is 335 g/mol. The van der Waals surface area contributed by atoms with Gasteiger partial charge in [-0.05, 0) is 35.9 Å². The first-order chi connectivity index (χ1) is 11.5. The predicted octanol–water partition coefficient (Wildman–Crippen LogP) is 2.94. The molecule has 2 aromatic carbocycles. The van der Waals surface area contributed by atoms with Gasteiger partial charge in [-0.25, -0.2) is 4.39 Å². The highest BCUT2D eigenvalue weighted by molar-refractivity contribution is 6.31. The standard InChI is InChI=1S/C16H12ClFN4O2/c17-10-3-6-13(24-8-9-1-4-11(18)5-2-9)12(7-10)14-15(16(19)23)21-22-20-14/h1-7H,8H2,(H2,19,23)(H,20,21,22). The third kappa shape index (κ3) is 3.36. The Hall–Kier alpha value is -2.93. The smallest absolute Gasteiger partial charge is 0.271 e. The fourth-order valence-corrected chi connectivity index (χ4v) is 2.32. The second-order valence-electron chi connectivity index (χ2n) is 4.94. The second-order valence-corrected chi connectivity index (χ2v) is 5.38. The van der Waals surface area contributed by atoms with E-state index in [2.05, 4.69) is 15.4 Å². The van der Waals surface area contributed by atoms with E-state index in [4.69, 9.17) is 22.1 Å². The first-order valence-electron chi connectivity index (χ1n) is 6.92. The first-order valence-corrected chi connectivity index (χ1v) is 7.30. The first kappa shape index (κ1) is 15.9. The molecule has 3 aromatic rings. The van der Waals surface area contributed by atoms with Crippen LogP contribution in [0.15, 0.2) is 42.5 Å². The van der Waals surface area contributed by atoms with Gasteiger partial charge in [-0.1, -0.05) is 23.7 Å². The minimum absolute atomic E-state index is 0.0103. The Morgan fingerprint density at radius 3 is 2.67 bits per heavy atom. The number of nitrogens with two attached hydrogens (primary N) is 1. The van der Waals surface area contributed by atoms with E-state index < -0.39 is 5.91 Å². The Morgan fingerprint density at radius 2 is 1.96 bits per heavy atom. The zero-order valence-electron chi connectivity index (χ0n) is 12.3. The van der Waals surface area contributed by atoms with Gasteiger partial charge >= 0.3 is 0 Å². The lowest BCUT2D eigenvalue weighted by Gasteiger charge is -2.11. The fourth-order valence-electron chi connectivity index (χ4n) is 2.15.